The quantitative estimate of drug-likeness (QED) is 0.596. The van der Waals surface area contributed by atoms with E-state index >= 15 is 0 Å². The summed E-state index contributed by atoms with van der Waals surface area (Å²) < 4.78 is 13.2. The van der Waals surface area contributed by atoms with Crippen molar-refractivity contribution in [1.82, 2.24) is 19.7 Å². The molecule has 6 rings (SSSR count). The minimum absolute atomic E-state index is 0.0294. The highest BCUT2D eigenvalue weighted by molar-refractivity contribution is 7.15. The number of carbonyl (C=O) groups is 1. The Bertz CT molecular complexity index is 1270. The summed E-state index contributed by atoms with van der Waals surface area (Å²) in [6, 6.07) is 7.99. The highest BCUT2D eigenvalue weighted by Gasteiger charge is 2.38. The van der Waals surface area contributed by atoms with Crippen LogP contribution in [0.25, 0.3) is 5.00 Å². The number of benzene rings is 1. The zero-order valence-electron chi connectivity index (χ0n) is 18.7. The molecule has 1 aliphatic carbocycles. The van der Waals surface area contributed by atoms with Crippen LogP contribution in [0.4, 0.5) is 0 Å². The number of methoxy groups -OCH3 is 1. The van der Waals surface area contributed by atoms with Gasteiger partial charge in [-0.1, -0.05) is 12.1 Å². The van der Waals surface area contributed by atoms with Gasteiger partial charge in [-0.15, -0.1) is 21.5 Å². The number of carbonyl (C=O) groups excluding carboxylic acids is 1. The number of thiophene rings is 1. The number of para-hydroxylation sites is 1. The molecule has 0 N–H and O–H groups in total. The van der Waals surface area contributed by atoms with Crippen LogP contribution in [-0.2, 0) is 28.9 Å². The Hall–Kier alpha value is -3.04. The molecule has 1 amide bonds. The highest BCUT2D eigenvalue weighted by Crippen LogP contribution is 2.44. The number of hydrogen-bond donors (Lipinski definition) is 0. The number of nitrogens with zero attached hydrogens (tertiary/aromatic N) is 5. The van der Waals surface area contributed by atoms with Gasteiger partial charge in [0.2, 0.25) is 5.91 Å². The summed E-state index contributed by atoms with van der Waals surface area (Å²) in [5.41, 5.74) is 4.19. The van der Waals surface area contributed by atoms with E-state index in [0.29, 0.717) is 32.8 Å². The van der Waals surface area contributed by atoms with Gasteiger partial charge in [0, 0.05) is 35.0 Å². The Balaban J connectivity index is 1.46. The number of aliphatic imine (C=N–C) groups is 1. The molecule has 3 aliphatic rings. The SMILES string of the molecule is COc1ccccc1C1=NCc2nnc(C)n2-c2sc3c(c21)CC(C(=O)N1CCOCC1)C3. The van der Waals surface area contributed by atoms with Crippen molar-refractivity contribution in [2.45, 2.75) is 26.3 Å². The first-order chi connectivity index (χ1) is 16.2. The molecule has 1 aromatic carbocycles. The fraction of sp³-hybridized carbons (Fsp3) is 0.417. The molecule has 2 aliphatic heterocycles. The first-order valence-corrected chi connectivity index (χ1v) is 12.1. The lowest BCUT2D eigenvalue weighted by Gasteiger charge is -2.29. The summed E-state index contributed by atoms with van der Waals surface area (Å²) in [5.74, 6) is 2.68. The Morgan fingerprint density at radius 1 is 1.18 bits per heavy atom. The van der Waals surface area contributed by atoms with Crippen molar-refractivity contribution < 1.29 is 14.3 Å². The van der Waals surface area contributed by atoms with E-state index in [2.05, 4.69) is 20.8 Å². The lowest BCUT2D eigenvalue weighted by atomic mass is 9.96. The zero-order chi connectivity index (χ0) is 22.5. The van der Waals surface area contributed by atoms with Gasteiger partial charge in [-0.05, 0) is 37.5 Å². The number of ether oxygens (including phenoxy) is 2. The number of aryl methyl sites for hydroxylation is 1. The number of fused-ring (bicyclic) bond motifs is 5. The van der Waals surface area contributed by atoms with Crippen LogP contribution in [0.15, 0.2) is 29.3 Å². The van der Waals surface area contributed by atoms with Crippen molar-refractivity contribution in [3.05, 3.63) is 57.5 Å². The van der Waals surface area contributed by atoms with Crippen molar-refractivity contribution >= 4 is 23.0 Å². The minimum atomic E-state index is -0.0294. The average molecular weight is 464 g/mol. The first kappa shape index (κ1) is 20.6. The highest BCUT2D eigenvalue weighted by atomic mass is 32.1. The second kappa shape index (κ2) is 8.07. The molecular formula is C24H25N5O3S. The molecular weight excluding hydrogens is 438 g/mol. The molecule has 0 bridgehead atoms. The van der Waals surface area contributed by atoms with Crippen molar-refractivity contribution in [1.29, 1.82) is 0 Å². The molecule has 170 valence electrons. The molecule has 0 spiro atoms. The molecule has 1 saturated heterocycles. The number of rotatable bonds is 3. The van der Waals surface area contributed by atoms with Gasteiger partial charge in [-0.25, -0.2) is 0 Å². The maximum absolute atomic E-state index is 13.3. The standard InChI is InChI=1S/C24H25N5O3S/c1-14-26-27-20-13-25-22(16-5-3-4-6-18(16)31-2)21-17-11-15(12-19(17)33-24(21)29(14)20)23(30)28-7-9-32-10-8-28/h3-6,15H,7-13H2,1-2H3. The summed E-state index contributed by atoms with van der Waals surface area (Å²) in [4.78, 5) is 21.5. The molecule has 1 fully saturated rings. The summed E-state index contributed by atoms with van der Waals surface area (Å²) in [6.07, 6.45) is 1.49. The lowest BCUT2D eigenvalue weighted by Crippen LogP contribution is -2.44. The monoisotopic (exact) mass is 463 g/mol. The smallest absolute Gasteiger partial charge is 0.226 e. The normalized spacial score (nSPS) is 19.4. The maximum Gasteiger partial charge on any atom is 0.226 e. The van der Waals surface area contributed by atoms with Crippen LogP contribution in [0.2, 0.25) is 0 Å². The first-order valence-electron chi connectivity index (χ1n) is 11.3. The van der Waals surface area contributed by atoms with E-state index in [1.165, 1.54) is 10.4 Å². The van der Waals surface area contributed by atoms with E-state index in [1.54, 1.807) is 18.4 Å². The Labute approximate surface area is 195 Å². The maximum atomic E-state index is 13.3. The third-order valence-corrected chi connectivity index (χ3v) is 7.94. The second-order valence-corrected chi connectivity index (χ2v) is 9.67. The fourth-order valence-electron chi connectivity index (χ4n) is 5.10. The van der Waals surface area contributed by atoms with E-state index < -0.39 is 0 Å². The Morgan fingerprint density at radius 2 is 2.00 bits per heavy atom. The van der Waals surface area contributed by atoms with Crippen LogP contribution in [0.1, 0.15) is 33.2 Å². The van der Waals surface area contributed by atoms with E-state index in [4.69, 9.17) is 14.5 Å². The van der Waals surface area contributed by atoms with E-state index in [0.717, 1.165) is 52.1 Å². The van der Waals surface area contributed by atoms with Crippen LogP contribution in [0.5, 0.6) is 5.75 Å². The molecule has 1 unspecified atom stereocenters. The zero-order valence-corrected chi connectivity index (χ0v) is 19.5. The number of hydrogen-bond acceptors (Lipinski definition) is 7. The van der Waals surface area contributed by atoms with Crippen molar-refractivity contribution in [3.63, 3.8) is 0 Å². The predicted octanol–water partition coefficient (Wildman–Crippen LogP) is 2.57. The number of aromatic nitrogens is 3. The molecule has 0 saturated carbocycles. The summed E-state index contributed by atoms with van der Waals surface area (Å²) >= 11 is 1.74. The largest absolute Gasteiger partial charge is 0.496 e. The van der Waals surface area contributed by atoms with Gasteiger partial charge in [0.15, 0.2) is 5.82 Å². The number of morpholine rings is 1. The van der Waals surface area contributed by atoms with Gasteiger partial charge >= 0.3 is 0 Å². The third-order valence-electron chi connectivity index (χ3n) is 6.70. The van der Waals surface area contributed by atoms with E-state index in [9.17, 15) is 4.79 Å². The molecule has 9 heteroatoms. The van der Waals surface area contributed by atoms with Crippen LogP contribution in [-0.4, -0.2) is 64.7 Å². The Morgan fingerprint density at radius 3 is 2.82 bits per heavy atom. The van der Waals surface area contributed by atoms with Gasteiger partial charge < -0.3 is 14.4 Å². The molecule has 0 radical (unpaired) electrons. The molecule has 3 aromatic rings. The molecule has 8 nitrogen and oxygen atoms in total. The fourth-order valence-corrected chi connectivity index (χ4v) is 6.58. The van der Waals surface area contributed by atoms with E-state index in [-0.39, 0.29) is 11.8 Å². The van der Waals surface area contributed by atoms with Crippen LogP contribution in [0, 0.1) is 12.8 Å². The van der Waals surface area contributed by atoms with Gasteiger partial charge in [-0.3, -0.25) is 14.4 Å². The molecule has 33 heavy (non-hydrogen) atoms. The van der Waals surface area contributed by atoms with Crippen LogP contribution < -0.4 is 4.74 Å². The van der Waals surface area contributed by atoms with E-state index in [1.807, 2.05) is 30.0 Å². The van der Waals surface area contributed by atoms with Crippen molar-refractivity contribution in [2.24, 2.45) is 10.9 Å². The molecule has 4 heterocycles. The van der Waals surface area contributed by atoms with Gasteiger partial charge in [0.05, 0.1) is 26.0 Å². The number of amides is 1. The average Bonchev–Trinajstić information content (AvgIpc) is 3.49. The summed E-state index contributed by atoms with van der Waals surface area (Å²) in [5, 5.41) is 9.79. The van der Waals surface area contributed by atoms with Gasteiger partial charge in [0.25, 0.3) is 0 Å². The van der Waals surface area contributed by atoms with Crippen molar-refractivity contribution in [3.8, 4) is 10.8 Å². The van der Waals surface area contributed by atoms with Crippen molar-refractivity contribution in [2.75, 3.05) is 33.4 Å². The summed E-state index contributed by atoms with van der Waals surface area (Å²) in [7, 11) is 1.69. The predicted molar refractivity (Wildman–Crippen MR) is 125 cm³/mol. The molecule has 2 aromatic heterocycles. The van der Waals surface area contributed by atoms with Crippen LogP contribution >= 0.6 is 11.3 Å². The second-order valence-electron chi connectivity index (χ2n) is 8.59. The Kier molecular flexibility index (Phi) is 5.03. The minimum Gasteiger partial charge on any atom is -0.496 e. The van der Waals surface area contributed by atoms with Gasteiger partial charge in [0.1, 0.15) is 23.1 Å². The van der Waals surface area contributed by atoms with Gasteiger partial charge in [-0.2, -0.15) is 0 Å². The van der Waals surface area contributed by atoms with Crippen LogP contribution in [0.3, 0.4) is 0 Å². The summed E-state index contributed by atoms with van der Waals surface area (Å²) in [6.45, 7) is 5.02. The lowest BCUT2D eigenvalue weighted by molar-refractivity contribution is -0.139. The molecule has 1 atom stereocenters. The third kappa shape index (κ3) is 3.29. The topological polar surface area (TPSA) is 81.8 Å².